The second-order valence-electron chi connectivity index (χ2n) is 3.35. The van der Waals surface area contributed by atoms with Crippen LogP contribution in [-0.2, 0) is 0 Å². The average molecular weight is 187 g/mol. The van der Waals surface area contributed by atoms with Crippen molar-refractivity contribution in [1.29, 1.82) is 0 Å². The molecule has 0 N–H and O–H groups in total. The van der Waals surface area contributed by atoms with E-state index in [9.17, 15) is 9.59 Å². The second-order valence-corrected chi connectivity index (χ2v) is 3.35. The molecule has 1 aromatic heterocycles. The van der Waals surface area contributed by atoms with Gasteiger partial charge in [-0.1, -0.05) is 0 Å². The number of carbonyl (C=O) groups is 2. The lowest BCUT2D eigenvalue weighted by molar-refractivity contribution is 0.0990. The SMILES string of the molecule is Cc1cc2c(nc1C)C(=O)C=CC2=O. The Morgan fingerprint density at radius 1 is 1.07 bits per heavy atom. The first-order chi connectivity index (χ1) is 6.59. The molecular formula is C11H9NO2. The molecule has 0 unspecified atom stereocenters. The molecule has 3 heteroatoms. The van der Waals surface area contributed by atoms with Crippen LogP contribution in [0.4, 0.5) is 0 Å². The molecule has 0 saturated heterocycles. The Morgan fingerprint density at radius 3 is 2.43 bits per heavy atom. The fraction of sp³-hybridized carbons (Fsp3) is 0.182. The molecule has 0 saturated carbocycles. The van der Waals surface area contributed by atoms with Crippen molar-refractivity contribution in [2.45, 2.75) is 13.8 Å². The van der Waals surface area contributed by atoms with Gasteiger partial charge in [0, 0.05) is 5.69 Å². The van der Waals surface area contributed by atoms with Crippen LogP contribution in [0.5, 0.6) is 0 Å². The summed E-state index contributed by atoms with van der Waals surface area (Å²) in [5, 5.41) is 0. The number of ketones is 2. The van der Waals surface area contributed by atoms with Crippen LogP contribution in [0.3, 0.4) is 0 Å². The third-order valence-corrected chi connectivity index (χ3v) is 2.35. The highest BCUT2D eigenvalue weighted by atomic mass is 16.1. The largest absolute Gasteiger partial charge is 0.289 e. The molecule has 0 radical (unpaired) electrons. The summed E-state index contributed by atoms with van der Waals surface area (Å²) in [6.45, 7) is 3.70. The number of aromatic nitrogens is 1. The summed E-state index contributed by atoms with van der Waals surface area (Å²) in [7, 11) is 0. The van der Waals surface area contributed by atoms with Crippen molar-refractivity contribution in [3.63, 3.8) is 0 Å². The van der Waals surface area contributed by atoms with Gasteiger partial charge in [0.1, 0.15) is 5.69 Å². The maximum atomic E-state index is 11.4. The molecular weight excluding hydrogens is 178 g/mol. The highest BCUT2D eigenvalue weighted by Gasteiger charge is 2.21. The van der Waals surface area contributed by atoms with Crippen molar-refractivity contribution < 1.29 is 9.59 Å². The number of nitrogens with zero attached hydrogens (tertiary/aromatic N) is 1. The quantitative estimate of drug-likeness (QED) is 0.620. The first-order valence-electron chi connectivity index (χ1n) is 4.34. The van der Waals surface area contributed by atoms with E-state index in [1.165, 1.54) is 12.2 Å². The van der Waals surface area contributed by atoms with Gasteiger partial charge in [-0.15, -0.1) is 0 Å². The van der Waals surface area contributed by atoms with Gasteiger partial charge in [0.05, 0.1) is 5.56 Å². The van der Waals surface area contributed by atoms with E-state index in [2.05, 4.69) is 4.98 Å². The van der Waals surface area contributed by atoms with Crippen molar-refractivity contribution in [3.8, 4) is 0 Å². The van der Waals surface area contributed by atoms with E-state index in [1.54, 1.807) is 6.07 Å². The van der Waals surface area contributed by atoms with Crippen molar-refractivity contribution in [1.82, 2.24) is 4.98 Å². The Kier molecular flexibility index (Phi) is 1.81. The second kappa shape index (κ2) is 2.87. The van der Waals surface area contributed by atoms with Crippen molar-refractivity contribution in [3.05, 3.63) is 40.7 Å². The maximum Gasteiger partial charge on any atom is 0.205 e. The Morgan fingerprint density at radius 2 is 1.71 bits per heavy atom. The molecule has 70 valence electrons. The van der Waals surface area contributed by atoms with Crippen LogP contribution in [0.25, 0.3) is 0 Å². The highest BCUT2D eigenvalue weighted by molar-refractivity contribution is 6.21. The van der Waals surface area contributed by atoms with Crippen LogP contribution in [0, 0.1) is 13.8 Å². The van der Waals surface area contributed by atoms with Crippen molar-refractivity contribution in [2.75, 3.05) is 0 Å². The lowest BCUT2D eigenvalue weighted by Gasteiger charge is -2.10. The Bertz CT molecular complexity index is 429. The summed E-state index contributed by atoms with van der Waals surface area (Å²) < 4.78 is 0. The number of rotatable bonds is 0. The molecule has 0 aliphatic heterocycles. The minimum Gasteiger partial charge on any atom is -0.289 e. The van der Waals surface area contributed by atoms with Gasteiger partial charge >= 0.3 is 0 Å². The molecule has 2 rings (SSSR count). The van der Waals surface area contributed by atoms with E-state index in [0.717, 1.165) is 11.3 Å². The first kappa shape index (κ1) is 8.81. The number of aryl methyl sites for hydroxylation is 2. The van der Waals surface area contributed by atoms with Crippen molar-refractivity contribution in [2.24, 2.45) is 0 Å². The summed E-state index contributed by atoms with van der Waals surface area (Å²) in [6, 6.07) is 1.72. The molecule has 0 spiro atoms. The number of hydrogen-bond donors (Lipinski definition) is 0. The van der Waals surface area contributed by atoms with Gasteiger partial charge in [-0.25, -0.2) is 4.98 Å². The van der Waals surface area contributed by atoms with E-state index < -0.39 is 0 Å². The molecule has 3 nitrogen and oxygen atoms in total. The van der Waals surface area contributed by atoms with Gasteiger partial charge in [0.2, 0.25) is 5.78 Å². The van der Waals surface area contributed by atoms with Gasteiger partial charge in [-0.2, -0.15) is 0 Å². The molecule has 0 fully saturated rings. The fourth-order valence-corrected chi connectivity index (χ4v) is 1.40. The molecule has 1 aliphatic carbocycles. The normalized spacial score (nSPS) is 14.4. The molecule has 1 heterocycles. The molecule has 14 heavy (non-hydrogen) atoms. The molecule has 1 aromatic rings. The lowest BCUT2D eigenvalue weighted by atomic mass is 9.98. The summed E-state index contributed by atoms with van der Waals surface area (Å²) in [5.41, 5.74) is 2.42. The topological polar surface area (TPSA) is 47.0 Å². The highest BCUT2D eigenvalue weighted by Crippen LogP contribution is 2.17. The van der Waals surface area contributed by atoms with Crippen LogP contribution in [-0.4, -0.2) is 16.6 Å². The van der Waals surface area contributed by atoms with Gasteiger partial charge < -0.3 is 0 Å². The first-order valence-corrected chi connectivity index (χ1v) is 4.34. The van der Waals surface area contributed by atoms with E-state index in [0.29, 0.717) is 5.56 Å². The van der Waals surface area contributed by atoms with E-state index in [4.69, 9.17) is 0 Å². The number of allylic oxidation sites excluding steroid dienone is 2. The van der Waals surface area contributed by atoms with Gasteiger partial charge in [-0.05, 0) is 37.6 Å². The van der Waals surface area contributed by atoms with Gasteiger partial charge in [-0.3, -0.25) is 9.59 Å². The van der Waals surface area contributed by atoms with Crippen LogP contribution in [0.15, 0.2) is 18.2 Å². The minimum atomic E-state index is -0.192. The number of pyridine rings is 1. The average Bonchev–Trinajstić information content (AvgIpc) is 2.15. The number of carbonyl (C=O) groups excluding carboxylic acids is 2. The Labute approximate surface area is 81.5 Å². The van der Waals surface area contributed by atoms with E-state index in [-0.39, 0.29) is 17.3 Å². The van der Waals surface area contributed by atoms with Gasteiger partial charge in [0.15, 0.2) is 5.78 Å². The fourth-order valence-electron chi connectivity index (χ4n) is 1.40. The number of fused-ring (bicyclic) bond motifs is 1. The molecule has 0 atom stereocenters. The molecule has 0 amide bonds. The van der Waals surface area contributed by atoms with E-state index >= 15 is 0 Å². The molecule has 1 aliphatic rings. The predicted octanol–water partition coefficient (Wildman–Crippen LogP) is 1.63. The zero-order chi connectivity index (χ0) is 10.3. The van der Waals surface area contributed by atoms with Crippen LogP contribution in [0.2, 0.25) is 0 Å². The van der Waals surface area contributed by atoms with Gasteiger partial charge in [0.25, 0.3) is 0 Å². The smallest absolute Gasteiger partial charge is 0.205 e. The summed E-state index contributed by atoms with van der Waals surface area (Å²) in [5.74, 6) is -0.335. The standard InChI is InChI=1S/C11H9NO2/c1-6-5-8-9(13)3-4-10(14)11(8)12-7(6)2/h3-5H,1-2H3. The van der Waals surface area contributed by atoms with Crippen LogP contribution >= 0.6 is 0 Å². The monoisotopic (exact) mass is 187 g/mol. The molecule has 0 bridgehead atoms. The Balaban J connectivity index is 2.73. The van der Waals surface area contributed by atoms with Crippen LogP contribution in [0.1, 0.15) is 32.1 Å². The molecule has 0 aromatic carbocycles. The number of hydrogen-bond acceptors (Lipinski definition) is 3. The zero-order valence-corrected chi connectivity index (χ0v) is 8.00. The van der Waals surface area contributed by atoms with E-state index in [1.807, 2.05) is 13.8 Å². The third kappa shape index (κ3) is 1.18. The maximum absolute atomic E-state index is 11.4. The Hall–Kier alpha value is -1.77. The van der Waals surface area contributed by atoms with Crippen LogP contribution < -0.4 is 0 Å². The van der Waals surface area contributed by atoms with Crippen molar-refractivity contribution >= 4 is 11.6 Å². The summed E-state index contributed by atoms with van der Waals surface area (Å²) in [6.07, 6.45) is 2.56. The third-order valence-electron chi connectivity index (χ3n) is 2.35. The zero-order valence-electron chi connectivity index (χ0n) is 8.00. The lowest BCUT2D eigenvalue weighted by Crippen LogP contribution is -2.15. The summed E-state index contributed by atoms with van der Waals surface area (Å²) >= 11 is 0. The predicted molar refractivity (Wildman–Crippen MR) is 51.5 cm³/mol. The minimum absolute atomic E-state index is 0.143. The summed E-state index contributed by atoms with van der Waals surface area (Å²) in [4.78, 5) is 26.9.